The van der Waals surface area contributed by atoms with Crippen molar-refractivity contribution in [3.8, 4) is 11.1 Å². The van der Waals surface area contributed by atoms with Gasteiger partial charge in [0.1, 0.15) is 5.84 Å². The molecular formula is C21H17F3N2O5S3. The van der Waals surface area contributed by atoms with Crippen molar-refractivity contribution < 1.29 is 36.6 Å². The zero-order chi connectivity index (χ0) is 25.3. The number of halogens is 3. The molecule has 2 aromatic carbocycles. The van der Waals surface area contributed by atoms with Gasteiger partial charge in [-0.1, -0.05) is 30.3 Å². The predicted molar refractivity (Wildman–Crippen MR) is 123 cm³/mol. The summed E-state index contributed by atoms with van der Waals surface area (Å²) in [4.78, 5) is 13.9. The normalized spacial score (nSPS) is 13.6. The summed E-state index contributed by atoms with van der Waals surface area (Å²) in [6.07, 6.45) is -7.40. The summed E-state index contributed by atoms with van der Waals surface area (Å²) in [6, 6.07) is 12.0. The molecule has 1 aromatic heterocycles. The molecule has 1 atom stereocenters. The van der Waals surface area contributed by atoms with Crippen LogP contribution >= 0.6 is 23.1 Å². The average molecular weight is 531 g/mol. The molecule has 0 saturated carbocycles. The van der Waals surface area contributed by atoms with Gasteiger partial charge in [0.05, 0.1) is 18.9 Å². The lowest BCUT2D eigenvalue weighted by atomic mass is 10.0. The number of hydrogen-bond donors (Lipinski definition) is 3. The number of thioether (sulfide) groups is 1. The fourth-order valence-corrected chi connectivity index (χ4v) is 6.96. The minimum atomic E-state index is -4.85. The third-order valence-corrected chi connectivity index (χ3v) is 8.93. The van der Waals surface area contributed by atoms with Crippen LogP contribution in [0.5, 0.6) is 0 Å². The Kier molecular flexibility index (Phi) is 7.41. The van der Waals surface area contributed by atoms with Crippen LogP contribution in [0.15, 0.2) is 73.6 Å². The quantitative estimate of drug-likeness (QED) is 0.234. The Morgan fingerprint density at radius 3 is 2.32 bits per heavy atom. The van der Waals surface area contributed by atoms with Crippen LogP contribution in [0.3, 0.4) is 0 Å². The number of aliphatic hydroxyl groups excluding tert-OH is 1. The highest BCUT2D eigenvalue weighted by atomic mass is 32.2. The molecule has 0 fully saturated rings. The lowest BCUT2D eigenvalue weighted by Gasteiger charge is -2.16. The van der Waals surface area contributed by atoms with Crippen LogP contribution in [0.1, 0.15) is 16.5 Å². The Morgan fingerprint density at radius 1 is 1.12 bits per heavy atom. The van der Waals surface area contributed by atoms with E-state index in [4.69, 9.17) is 10.8 Å². The number of carbonyl (C=O) groups is 1. The minimum absolute atomic E-state index is 0.0954. The summed E-state index contributed by atoms with van der Waals surface area (Å²) in [6.45, 7) is 0. The van der Waals surface area contributed by atoms with Gasteiger partial charge in [-0.2, -0.15) is 18.2 Å². The van der Waals surface area contributed by atoms with E-state index in [2.05, 4.69) is 4.99 Å². The summed E-state index contributed by atoms with van der Waals surface area (Å²) in [5, 5.41) is 18.3. The molecule has 13 heteroatoms. The van der Waals surface area contributed by atoms with Gasteiger partial charge in [0, 0.05) is 0 Å². The van der Waals surface area contributed by atoms with Crippen LogP contribution in [0.25, 0.3) is 11.1 Å². The topological polar surface area (TPSA) is 130 Å². The molecule has 4 N–H and O–H groups in total. The Bertz CT molecular complexity index is 1370. The molecule has 0 bridgehead atoms. The van der Waals surface area contributed by atoms with E-state index in [9.17, 15) is 31.5 Å². The first-order chi connectivity index (χ1) is 15.8. The number of rotatable bonds is 6. The van der Waals surface area contributed by atoms with E-state index < -0.39 is 28.2 Å². The fraction of sp³-hybridized carbons (Fsp3) is 0.143. The van der Waals surface area contributed by atoms with E-state index >= 15 is 0 Å². The van der Waals surface area contributed by atoms with Gasteiger partial charge >= 0.3 is 12.3 Å². The standard InChI is InChI=1S/C21H17F3N2O5S3/c1-32-19-16(10-15(33-19)18(25)26-20(28)29)34(30,31)14-7-3-5-12(9-14)11-4-2-6-13(8-11)17(27)21(22,23)24/h2-10,17,27H,1H3,(H2,25,26)(H,28,29). The maximum Gasteiger partial charge on any atom is 0.433 e. The fourth-order valence-electron chi connectivity index (χ4n) is 3.02. The van der Waals surface area contributed by atoms with Crippen LogP contribution < -0.4 is 5.73 Å². The Hall–Kier alpha value is -2.87. The SMILES string of the molecule is CSc1sc(/C(N)=N\C(=O)O)cc1S(=O)(=O)c1cccc(-c2cccc(C(O)C(F)(F)F)c2)c1. The summed E-state index contributed by atoms with van der Waals surface area (Å²) in [5.74, 6) is -0.344. The molecule has 0 saturated heterocycles. The van der Waals surface area contributed by atoms with E-state index in [1.165, 1.54) is 42.5 Å². The van der Waals surface area contributed by atoms with Crippen molar-refractivity contribution in [3.05, 3.63) is 65.0 Å². The lowest BCUT2D eigenvalue weighted by molar-refractivity contribution is -0.206. The second-order valence-corrected chi connectivity index (χ2v) is 10.9. The molecule has 180 valence electrons. The Balaban J connectivity index is 2.06. The first-order valence-corrected chi connectivity index (χ1v) is 12.8. The number of sulfone groups is 1. The molecule has 0 aliphatic heterocycles. The summed E-state index contributed by atoms with van der Waals surface area (Å²) in [5.41, 5.74) is 5.89. The number of amides is 1. The second kappa shape index (κ2) is 9.78. The highest BCUT2D eigenvalue weighted by molar-refractivity contribution is 8.01. The van der Waals surface area contributed by atoms with E-state index in [1.54, 1.807) is 6.26 Å². The molecular weight excluding hydrogens is 513 g/mol. The smallest absolute Gasteiger partial charge is 0.433 e. The molecule has 3 rings (SSSR count). The van der Waals surface area contributed by atoms with Crippen LogP contribution in [0.2, 0.25) is 0 Å². The van der Waals surface area contributed by atoms with E-state index in [0.717, 1.165) is 35.2 Å². The molecule has 1 heterocycles. The van der Waals surface area contributed by atoms with Gasteiger partial charge in [-0.15, -0.1) is 23.1 Å². The predicted octanol–water partition coefficient (Wildman–Crippen LogP) is 4.95. The summed E-state index contributed by atoms with van der Waals surface area (Å²) in [7, 11) is -4.10. The van der Waals surface area contributed by atoms with Gasteiger partial charge in [-0.05, 0) is 47.2 Å². The Labute approximate surface area is 200 Å². The van der Waals surface area contributed by atoms with Crippen molar-refractivity contribution >= 4 is 44.9 Å². The number of aliphatic hydroxyl groups is 1. The number of nitrogens with zero attached hydrogens (tertiary/aromatic N) is 1. The molecule has 1 unspecified atom stereocenters. The second-order valence-electron chi connectivity index (χ2n) is 6.85. The van der Waals surface area contributed by atoms with Gasteiger partial charge in [-0.3, -0.25) is 0 Å². The largest absolute Gasteiger partial charge is 0.463 e. The lowest BCUT2D eigenvalue weighted by Crippen LogP contribution is -2.20. The third-order valence-electron chi connectivity index (χ3n) is 4.60. The molecule has 0 aliphatic carbocycles. The zero-order valence-electron chi connectivity index (χ0n) is 17.3. The molecule has 0 spiro atoms. The Morgan fingerprint density at radius 2 is 1.74 bits per heavy atom. The van der Waals surface area contributed by atoms with E-state index in [1.807, 2.05) is 0 Å². The number of nitrogens with two attached hydrogens (primary N) is 1. The average Bonchev–Trinajstić information content (AvgIpc) is 3.23. The van der Waals surface area contributed by atoms with Crippen molar-refractivity contribution in [1.29, 1.82) is 0 Å². The summed E-state index contributed by atoms with van der Waals surface area (Å²) < 4.78 is 65.8. The number of thiophene rings is 1. The first kappa shape index (κ1) is 25.7. The molecule has 3 aromatic rings. The van der Waals surface area contributed by atoms with Crippen molar-refractivity contribution in [2.24, 2.45) is 10.7 Å². The molecule has 34 heavy (non-hydrogen) atoms. The number of benzene rings is 2. The highest BCUT2D eigenvalue weighted by Crippen LogP contribution is 2.38. The van der Waals surface area contributed by atoms with Crippen LogP contribution in [-0.4, -0.2) is 43.0 Å². The first-order valence-electron chi connectivity index (χ1n) is 9.30. The molecule has 0 aliphatic rings. The van der Waals surface area contributed by atoms with Crippen molar-refractivity contribution in [2.75, 3.05) is 6.26 Å². The monoisotopic (exact) mass is 530 g/mol. The van der Waals surface area contributed by atoms with Gasteiger partial charge in [0.25, 0.3) is 0 Å². The van der Waals surface area contributed by atoms with Crippen molar-refractivity contribution in [1.82, 2.24) is 0 Å². The van der Waals surface area contributed by atoms with Crippen LogP contribution in [0, 0.1) is 0 Å². The van der Waals surface area contributed by atoms with E-state index in [-0.39, 0.29) is 31.6 Å². The van der Waals surface area contributed by atoms with Crippen LogP contribution in [0.4, 0.5) is 18.0 Å². The van der Waals surface area contributed by atoms with Gasteiger partial charge in [-0.25, -0.2) is 13.2 Å². The molecule has 0 radical (unpaired) electrons. The number of carboxylic acid groups (broad SMARTS) is 1. The van der Waals surface area contributed by atoms with E-state index in [0.29, 0.717) is 9.77 Å². The summed E-state index contributed by atoms with van der Waals surface area (Å²) >= 11 is 2.10. The number of aliphatic imine (C=N–C) groups is 1. The van der Waals surface area contributed by atoms with Gasteiger partial charge < -0.3 is 15.9 Å². The zero-order valence-corrected chi connectivity index (χ0v) is 19.7. The maximum absolute atomic E-state index is 13.4. The number of alkyl halides is 3. The highest BCUT2D eigenvalue weighted by Gasteiger charge is 2.39. The minimum Gasteiger partial charge on any atom is -0.463 e. The van der Waals surface area contributed by atoms with Crippen molar-refractivity contribution in [3.63, 3.8) is 0 Å². The van der Waals surface area contributed by atoms with Crippen LogP contribution in [-0.2, 0) is 9.84 Å². The maximum atomic E-state index is 13.4. The number of amidine groups is 1. The number of hydrogen-bond acceptors (Lipinski definition) is 6. The van der Waals surface area contributed by atoms with Crippen molar-refractivity contribution in [2.45, 2.75) is 26.3 Å². The third kappa shape index (κ3) is 5.43. The molecule has 1 amide bonds. The molecule has 7 nitrogen and oxygen atoms in total. The van der Waals surface area contributed by atoms with Gasteiger partial charge in [0.2, 0.25) is 9.84 Å². The van der Waals surface area contributed by atoms with Gasteiger partial charge in [0.15, 0.2) is 6.10 Å².